The number of benzene rings is 1. The first-order valence-corrected chi connectivity index (χ1v) is 7.29. The number of likely N-dealkylation sites (tertiary alicyclic amines) is 1. The molecule has 19 heavy (non-hydrogen) atoms. The average molecular weight is 260 g/mol. The van der Waals surface area contributed by atoms with Crippen LogP contribution in [0.2, 0.25) is 0 Å². The van der Waals surface area contributed by atoms with Crippen LogP contribution in [0.5, 0.6) is 0 Å². The van der Waals surface area contributed by atoms with E-state index in [4.69, 9.17) is 0 Å². The van der Waals surface area contributed by atoms with Crippen LogP contribution in [0.4, 0.5) is 5.69 Å². The largest absolute Gasteiger partial charge is 0.325 e. The summed E-state index contributed by atoms with van der Waals surface area (Å²) < 4.78 is 0. The topological polar surface area (TPSA) is 32.3 Å². The summed E-state index contributed by atoms with van der Waals surface area (Å²) >= 11 is 0. The van der Waals surface area contributed by atoms with E-state index < -0.39 is 0 Å². The monoisotopic (exact) mass is 260 g/mol. The van der Waals surface area contributed by atoms with Gasteiger partial charge in [-0.15, -0.1) is 0 Å². The van der Waals surface area contributed by atoms with Gasteiger partial charge in [0.1, 0.15) is 0 Å². The molecule has 0 aromatic heterocycles. The van der Waals surface area contributed by atoms with Crippen LogP contribution in [0, 0.1) is 6.92 Å². The Morgan fingerprint density at radius 2 is 2.26 bits per heavy atom. The van der Waals surface area contributed by atoms with Gasteiger partial charge in [-0.2, -0.15) is 0 Å². The van der Waals surface area contributed by atoms with Crippen LogP contribution >= 0.6 is 0 Å². The highest BCUT2D eigenvalue weighted by atomic mass is 16.2. The number of piperidine rings is 1. The van der Waals surface area contributed by atoms with Crippen LogP contribution in [0.3, 0.4) is 0 Å². The van der Waals surface area contributed by atoms with E-state index in [0.717, 1.165) is 18.7 Å². The van der Waals surface area contributed by atoms with Gasteiger partial charge in [-0.3, -0.25) is 9.69 Å². The standard InChI is InChI=1S/C16H24N2O/c1-3-15-9-4-5-10-18(15)12-16(19)17-14-8-6-7-13(2)11-14/h6-8,11,15H,3-5,9-10,12H2,1-2H3,(H,17,19)/t15-/m0/s1. The second kappa shape index (κ2) is 6.71. The lowest BCUT2D eigenvalue weighted by molar-refractivity contribution is -0.118. The van der Waals surface area contributed by atoms with Crippen LogP contribution in [-0.4, -0.2) is 29.9 Å². The maximum absolute atomic E-state index is 12.1. The fourth-order valence-corrected chi connectivity index (χ4v) is 2.84. The van der Waals surface area contributed by atoms with Gasteiger partial charge in [0.2, 0.25) is 5.91 Å². The summed E-state index contributed by atoms with van der Waals surface area (Å²) in [5, 5.41) is 2.99. The van der Waals surface area contributed by atoms with Crippen LogP contribution in [0.25, 0.3) is 0 Å². The fourth-order valence-electron chi connectivity index (χ4n) is 2.84. The number of hydrogen-bond donors (Lipinski definition) is 1. The Balaban J connectivity index is 1.90. The lowest BCUT2D eigenvalue weighted by Crippen LogP contribution is -2.43. The van der Waals surface area contributed by atoms with Crippen LogP contribution in [0.15, 0.2) is 24.3 Å². The maximum atomic E-state index is 12.1. The molecule has 1 atom stereocenters. The zero-order valence-corrected chi connectivity index (χ0v) is 12.0. The van der Waals surface area contributed by atoms with Gasteiger partial charge < -0.3 is 5.32 Å². The van der Waals surface area contributed by atoms with Gasteiger partial charge in [-0.1, -0.05) is 25.5 Å². The number of nitrogens with one attached hydrogen (secondary N) is 1. The molecule has 3 heteroatoms. The quantitative estimate of drug-likeness (QED) is 0.901. The van der Waals surface area contributed by atoms with E-state index in [9.17, 15) is 4.79 Å². The molecule has 0 unspecified atom stereocenters. The summed E-state index contributed by atoms with van der Waals surface area (Å²) in [7, 11) is 0. The molecule has 1 amide bonds. The molecule has 1 aromatic carbocycles. The zero-order chi connectivity index (χ0) is 13.7. The Hall–Kier alpha value is -1.35. The minimum absolute atomic E-state index is 0.103. The van der Waals surface area contributed by atoms with Gasteiger partial charge in [0, 0.05) is 11.7 Å². The second-order valence-electron chi connectivity index (χ2n) is 5.45. The third kappa shape index (κ3) is 4.06. The van der Waals surface area contributed by atoms with Crippen molar-refractivity contribution >= 4 is 11.6 Å². The molecule has 104 valence electrons. The molecule has 0 bridgehead atoms. The number of carbonyl (C=O) groups is 1. The molecule has 3 nitrogen and oxygen atoms in total. The summed E-state index contributed by atoms with van der Waals surface area (Å²) in [6.45, 7) is 5.82. The van der Waals surface area contributed by atoms with E-state index in [1.54, 1.807) is 0 Å². The molecule has 0 aliphatic carbocycles. The molecule has 1 fully saturated rings. The highest BCUT2D eigenvalue weighted by molar-refractivity contribution is 5.92. The molecule has 1 aliphatic rings. The molecular formula is C16H24N2O. The third-order valence-corrected chi connectivity index (χ3v) is 3.87. The van der Waals surface area contributed by atoms with E-state index in [0.29, 0.717) is 12.6 Å². The molecule has 1 N–H and O–H groups in total. The molecule has 1 heterocycles. The van der Waals surface area contributed by atoms with Crippen molar-refractivity contribution in [2.75, 3.05) is 18.4 Å². The average Bonchev–Trinajstić information content (AvgIpc) is 2.39. The van der Waals surface area contributed by atoms with E-state index in [2.05, 4.69) is 17.1 Å². The van der Waals surface area contributed by atoms with Crippen molar-refractivity contribution in [1.82, 2.24) is 4.90 Å². The number of nitrogens with zero attached hydrogens (tertiary/aromatic N) is 1. The third-order valence-electron chi connectivity index (χ3n) is 3.87. The second-order valence-corrected chi connectivity index (χ2v) is 5.45. The Morgan fingerprint density at radius 1 is 1.42 bits per heavy atom. The van der Waals surface area contributed by atoms with E-state index in [-0.39, 0.29) is 5.91 Å². The summed E-state index contributed by atoms with van der Waals surface area (Å²) in [5.41, 5.74) is 2.07. The predicted molar refractivity (Wildman–Crippen MR) is 79.3 cm³/mol. The first-order chi connectivity index (χ1) is 9.19. The smallest absolute Gasteiger partial charge is 0.238 e. The molecule has 0 spiro atoms. The number of rotatable bonds is 4. The van der Waals surface area contributed by atoms with Gasteiger partial charge in [0.05, 0.1) is 6.54 Å². The SMILES string of the molecule is CC[C@H]1CCCCN1CC(=O)Nc1cccc(C)c1. The van der Waals surface area contributed by atoms with Gasteiger partial charge in [0.25, 0.3) is 0 Å². The molecular weight excluding hydrogens is 236 g/mol. The van der Waals surface area contributed by atoms with Crippen molar-refractivity contribution in [1.29, 1.82) is 0 Å². The van der Waals surface area contributed by atoms with E-state index in [1.165, 1.54) is 24.8 Å². The summed E-state index contributed by atoms with van der Waals surface area (Å²) in [6.07, 6.45) is 4.88. The predicted octanol–water partition coefficient (Wildman–Crippen LogP) is 3.20. The summed E-state index contributed by atoms with van der Waals surface area (Å²) in [5.74, 6) is 0.103. The Labute approximate surface area is 116 Å². The van der Waals surface area contributed by atoms with Crippen LogP contribution < -0.4 is 5.32 Å². The molecule has 1 aliphatic heterocycles. The lowest BCUT2D eigenvalue weighted by atomic mass is 10.00. The van der Waals surface area contributed by atoms with Crippen LogP contribution in [-0.2, 0) is 4.79 Å². The zero-order valence-electron chi connectivity index (χ0n) is 12.0. The van der Waals surface area contributed by atoms with E-state index >= 15 is 0 Å². The normalized spacial score (nSPS) is 20.2. The fraction of sp³-hybridized carbons (Fsp3) is 0.562. The van der Waals surface area contributed by atoms with Crippen LogP contribution in [0.1, 0.15) is 38.2 Å². The van der Waals surface area contributed by atoms with Crippen molar-refractivity contribution in [3.05, 3.63) is 29.8 Å². The van der Waals surface area contributed by atoms with Gasteiger partial charge in [0.15, 0.2) is 0 Å². The Kier molecular flexibility index (Phi) is 4.97. The van der Waals surface area contributed by atoms with Crippen molar-refractivity contribution in [3.63, 3.8) is 0 Å². The molecule has 0 radical (unpaired) electrons. The first kappa shape index (κ1) is 14.1. The number of aryl methyl sites for hydroxylation is 1. The number of anilines is 1. The van der Waals surface area contributed by atoms with Crippen molar-refractivity contribution in [2.24, 2.45) is 0 Å². The van der Waals surface area contributed by atoms with Gasteiger partial charge in [-0.25, -0.2) is 0 Å². The van der Waals surface area contributed by atoms with Crippen molar-refractivity contribution < 1.29 is 4.79 Å². The minimum atomic E-state index is 0.103. The highest BCUT2D eigenvalue weighted by Gasteiger charge is 2.22. The lowest BCUT2D eigenvalue weighted by Gasteiger charge is -2.34. The van der Waals surface area contributed by atoms with Gasteiger partial charge >= 0.3 is 0 Å². The number of carbonyl (C=O) groups excluding carboxylic acids is 1. The maximum Gasteiger partial charge on any atom is 0.238 e. The van der Waals surface area contributed by atoms with Crippen molar-refractivity contribution in [3.8, 4) is 0 Å². The summed E-state index contributed by atoms with van der Waals surface area (Å²) in [4.78, 5) is 14.4. The molecule has 1 saturated heterocycles. The first-order valence-electron chi connectivity index (χ1n) is 7.29. The number of hydrogen-bond acceptors (Lipinski definition) is 2. The van der Waals surface area contributed by atoms with Gasteiger partial charge in [-0.05, 0) is 50.4 Å². The molecule has 2 rings (SSSR count). The van der Waals surface area contributed by atoms with Crippen molar-refractivity contribution in [2.45, 2.75) is 45.6 Å². The Morgan fingerprint density at radius 3 is 3.00 bits per heavy atom. The number of amides is 1. The minimum Gasteiger partial charge on any atom is -0.325 e. The molecule has 1 aromatic rings. The Bertz CT molecular complexity index is 431. The summed E-state index contributed by atoms with van der Waals surface area (Å²) in [6, 6.07) is 8.54. The highest BCUT2D eigenvalue weighted by Crippen LogP contribution is 2.19. The van der Waals surface area contributed by atoms with E-state index in [1.807, 2.05) is 31.2 Å². The molecule has 0 saturated carbocycles.